The van der Waals surface area contributed by atoms with Crippen LogP contribution in [0.3, 0.4) is 0 Å². The van der Waals surface area contributed by atoms with Crippen LogP contribution < -0.4 is 4.74 Å². The highest BCUT2D eigenvalue weighted by molar-refractivity contribution is 5.42. The van der Waals surface area contributed by atoms with E-state index in [-0.39, 0.29) is 6.42 Å². The molecule has 0 aliphatic carbocycles. The van der Waals surface area contributed by atoms with Crippen molar-refractivity contribution in [3.63, 3.8) is 0 Å². The summed E-state index contributed by atoms with van der Waals surface area (Å²) in [5.74, 6) is -11.3. The maximum Gasteiger partial charge on any atom is 0.238 e. The van der Waals surface area contributed by atoms with Crippen molar-refractivity contribution >= 4 is 0 Å². The van der Waals surface area contributed by atoms with Crippen molar-refractivity contribution in [1.82, 2.24) is 0 Å². The summed E-state index contributed by atoms with van der Waals surface area (Å²) >= 11 is 0. The van der Waals surface area contributed by atoms with Crippen molar-refractivity contribution in [2.75, 3.05) is 0 Å². The first-order valence-electron chi connectivity index (χ1n) is 4.75. The van der Waals surface area contributed by atoms with Gasteiger partial charge in [-0.1, -0.05) is 6.92 Å². The molecule has 7 heteroatoms. The summed E-state index contributed by atoms with van der Waals surface area (Å²) in [6.45, 7) is 1.60. The Bertz CT molecular complexity index is 393. The zero-order valence-electron chi connectivity index (χ0n) is 8.74. The minimum Gasteiger partial charge on any atom is -0.502 e. The lowest BCUT2D eigenvalue weighted by molar-refractivity contribution is 0.0500. The highest BCUT2D eigenvalue weighted by Gasteiger charge is 2.28. The van der Waals surface area contributed by atoms with Crippen LogP contribution in [0.2, 0.25) is 0 Å². The second-order valence-corrected chi connectivity index (χ2v) is 3.25. The molecule has 1 rings (SSSR count). The molecule has 0 aliphatic rings. The van der Waals surface area contributed by atoms with E-state index < -0.39 is 41.1 Å². The van der Waals surface area contributed by atoms with Gasteiger partial charge in [-0.25, -0.2) is 13.2 Å². The predicted molar refractivity (Wildman–Crippen MR) is 48.4 cm³/mol. The molecule has 0 radical (unpaired) electrons. The number of aromatic hydroxyl groups is 1. The van der Waals surface area contributed by atoms with Gasteiger partial charge < -0.3 is 9.84 Å². The lowest BCUT2D eigenvalue weighted by atomic mass is 10.2. The summed E-state index contributed by atoms with van der Waals surface area (Å²) in [6.07, 6.45) is -1.89. The van der Waals surface area contributed by atoms with Crippen LogP contribution in [0, 0.1) is 23.3 Å². The Labute approximate surface area is 93.6 Å². The van der Waals surface area contributed by atoms with E-state index in [1.54, 1.807) is 6.92 Å². The van der Waals surface area contributed by atoms with Crippen LogP contribution in [0.5, 0.6) is 11.5 Å². The van der Waals surface area contributed by atoms with E-state index in [1.807, 2.05) is 0 Å². The van der Waals surface area contributed by atoms with E-state index in [2.05, 4.69) is 4.74 Å². The minimum absolute atomic E-state index is 0.167. The number of phenolic OH excluding ortho intramolecular Hbond substituents is 1. The van der Waals surface area contributed by atoms with Gasteiger partial charge in [0.25, 0.3) is 0 Å². The summed E-state index contributed by atoms with van der Waals surface area (Å²) in [6, 6.07) is 0. The molecular formula is C10H9F5O2. The maximum atomic E-state index is 13.1. The molecule has 2 nitrogen and oxygen atoms in total. The Morgan fingerprint density at radius 1 is 1.06 bits per heavy atom. The summed E-state index contributed by atoms with van der Waals surface area (Å²) in [4.78, 5) is 0. The van der Waals surface area contributed by atoms with Crippen molar-refractivity contribution in [2.45, 2.75) is 26.1 Å². The molecule has 1 unspecified atom stereocenters. The maximum absolute atomic E-state index is 13.1. The second-order valence-electron chi connectivity index (χ2n) is 3.25. The third-order valence-electron chi connectivity index (χ3n) is 1.96. The molecule has 0 heterocycles. The SMILES string of the molecule is CCCC(F)Oc1c(O)c(F)c(F)c(F)c1F. The topological polar surface area (TPSA) is 29.5 Å². The van der Waals surface area contributed by atoms with Crippen LogP contribution in [0.15, 0.2) is 0 Å². The molecule has 96 valence electrons. The van der Waals surface area contributed by atoms with E-state index in [4.69, 9.17) is 5.11 Å². The second kappa shape index (κ2) is 5.20. The molecule has 0 aromatic heterocycles. The summed E-state index contributed by atoms with van der Waals surface area (Å²) in [5, 5.41) is 8.99. The van der Waals surface area contributed by atoms with E-state index >= 15 is 0 Å². The van der Waals surface area contributed by atoms with Crippen LogP contribution in [0.25, 0.3) is 0 Å². The Morgan fingerprint density at radius 3 is 2.12 bits per heavy atom. The standard InChI is InChI=1S/C10H9F5O2/c1-2-3-4(11)17-10-8(15)6(13)5(12)7(14)9(10)16/h4,16H,2-3H2,1H3. The first-order chi connectivity index (χ1) is 7.90. The van der Waals surface area contributed by atoms with Crippen LogP contribution in [-0.2, 0) is 0 Å². The number of ether oxygens (including phenoxy) is 1. The average molecular weight is 256 g/mol. The van der Waals surface area contributed by atoms with Crippen molar-refractivity contribution < 1.29 is 31.8 Å². The van der Waals surface area contributed by atoms with Gasteiger partial charge in [-0.2, -0.15) is 8.78 Å². The first-order valence-corrected chi connectivity index (χ1v) is 4.75. The van der Waals surface area contributed by atoms with Gasteiger partial charge >= 0.3 is 0 Å². The lowest BCUT2D eigenvalue weighted by Gasteiger charge is -2.13. The molecule has 1 N–H and O–H groups in total. The Morgan fingerprint density at radius 2 is 1.59 bits per heavy atom. The molecule has 0 spiro atoms. The molecule has 1 aromatic carbocycles. The number of benzene rings is 1. The molecule has 0 saturated carbocycles. The van der Waals surface area contributed by atoms with Gasteiger partial charge in [0.2, 0.25) is 41.1 Å². The summed E-state index contributed by atoms with van der Waals surface area (Å²) in [5.41, 5.74) is 0. The van der Waals surface area contributed by atoms with Crippen molar-refractivity contribution in [3.05, 3.63) is 23.3 Å². The number of rotatable bonds is 4. The number of halogens is 5. The Balaban J connectivity index is 3.16. The lowest BCUT2D eigenvalue weighted by Crippen LogP contribution is -2.12. The van der Waals surface area contributed by atoms with Crippen molar-refractivity contribution in [3.8, 4) is 11.5 Å². The van der Waals surface area contributed by atoms with Crippen LogP contribution in [0.4, 0.5) is 22.0 Å². The smallest absolute Gasteiger partial charge is 0.238 e. The monoisotopic (exact) mass is 256 g/mol. The summed E-state index contributed by atoms with van der Waals surface area (Å²) < 4.78 is 68.5. The largest absolute Gasteiger partial charge is 0.502 e. The molecule has 0 bridgehead atoms. The van der Waals surface area contributed by atoms with Crippen LogP contribution >= 0.6 is 0 Å². The van der Waals surface area contributed by atoms with E-state index in [0.717, 1.165) is 0 Å². The van der Waals surface area contributed by atoms with Crippen molar-refractivity contribution in [2.24, 2.45) is 0 Å². The third kappa shape index (κ3) is 2.59. The molecule has 0 saturated heterocycles. The van der Waals surface area contributed by atoms with Crippen molar-refractivity contribution in [1.29, 1.82) is 0 Å². The minimum atomic E-state index is -2.18. The highest BCUT2D eigenvalue weighted by atomic mass is 19.2. The first kappa shape index (κ1) is 13.5. The van der Waals surface area contributed by atoms with E-state index in [0.29, 0.717) is 6.42 Å². The number of alkyl halides is 1. The van der Waals surface area contributed by atoms with Crippen LogP contribution in [0.1, 0.15) is 19.8 Å². The van der Waals surface area contributed by atoms with Gasteiger partial charge in [-0.05, 0) is 6.42 Å². The fourth-order valence-corrected chi connectivity index (χ4v) is 1.12. The fourth-order valence-electron chi connectivity index (χ4n) is 1.12. The number of hydrogen-bond acceptors (Lipinski definition) is 2. The molecular weight excluding hydrogens is 247 g/mol. The quantitative estimate of drug-likeness (QED) is 0.508. The van der Waals surface area contributed by atoms with Gasteiger partial charge in [-0.15, -0.1) is 0 Å². The highest BCUT2D eigenvalue weighted by Crippen LogP contribution is 2.36. The molecule has 17 heavy (non-hydrogen) atoms. The predicted octanol–water partition coefficient (Wildman–Crippen LogP) is 3.42. The summed E-state index contributed by atoms with van der Waals surface area (Å²) in [7, 11) is 0. The molecule has 0 aliphatic heterocycles. The number of phenols is 1. The van der Waals surface area contributed by atoms with Gasteiger partial charge in [0, 0.05) is 6.42 Å². The fraction of sp³-hybridized carbons (Fsp3) is 0.400. The van der Waals surface area contributed by atoms with Gasteiger partial charge in [-0.3, -0.25) is 0 Å². The van der Waals surface area contributed by atoms with Gasteiger partial charge in [0.05, 0.1) is 0 Å². The Kier molecular flexibility index (Phi) is 4.14. The molecule has 0 amide bonds. The number of hydrogen-bond donors (Lipinski definition) is 1. The third-order valence-corrected chi connectivity index (χ3v) is 1.96. The van der Waals surface area contributed by atoms with E-state index in [9.17, 15) is 22.0 Å². The average Bonchev–Trinajstić information content (AvgIpc) is 2.30. The van der Waals surface area contributed by atoms with E-state index in [1.165, 1.54) is 0 Å². The molecule has 1 atom stereocenters. The normalized spacial score (nSPS) is 12.6. The van der Waals surface area contributed by atoms with Gasteiger partial charge in [0.15, 0.2) is 0 Å². The molecule has 0 fully saturated rings. The van der Waals surface area contributed by atoms with Gasteiger partial charge in [0.1, 0.15) is 0 Å². The zero-order chi connectivity index (χ0) is 13.2. The van der Waals surface area contributed by atoms with Crippen LogP contribution in [-0.4, -0.2) is 11.5 Å². The molecule has 1 aromatic rings. The zero-order valence-corrected chi connectivity index (χ0v) is 8.74. The Hall–Kier alpha value is -1.53.